The SMILES string of the molecule is COc1ccc(Cn2nc(Nc3ccc4c(O)nn(C)c4c3)c3ncccc32)cc1. The van der Waals surface area contributed by atoms with Gasteiger partial charge in [0, 0.05) is 18.9 Å². The minimum absolute atomic E-state index is 0.0231. The Hall–Kier alpha value is -4.07. The Bertz CT molecular complexity index is 1350. The molecule has 0 saturated carbocycles. The summed E-state index contributed by atoms with van der Waals surface area (Å²) in [5.41, 5.74) is 4.51. The van der Waals surface area contributed by atoms with Crippen molar-refractivity contribution in [2.75, 3.05) is 12.4 Å². The Balaban J connectivity index is 1.51. The molecule has 150 valence electrons. The molecule has 5 aromatic rings. The van der Waals surface area contributed by atoms with E-state index in [0.29, 0.717) is 17.7 Å². The van der Waals surface area contributed by atoms with E-state index < -0.39 is 0 Å². The van der Waals surface area contributed by atoms with E-state index >= 15 is 0 Å². The number of hydrogen-bond donors (Lipinski definition) is 2. The summed E-state index contributed by atoms with van der Waals surface area (Å²) in [6.07, 6.45) is 1.76. The molecule has 0 unspecified atom stereocenters. The first-order valence-electron chi connectivity index (χ1n) is 9.49. The second-order valence-corrected chi connectivity index (χ2v) is 7.03. The first-order chi connectivity index (χ1) is 14.6. The Kier molecular flexibility index (Phi) is 4.24. The number of hydrogen-bond acceptors (Lipinski definition) is 6. The first kappa shape index (κ1) is 18.0. The lowest BCUT2D eigenvalue weighted by molar-refractivity contribution is 0.414. The van der Waals surface area contributed by atoms with Crippen LogP contribution < -0.4 is 10.1 Å². The summed E-state index contributed by atoms with van der Waals surface area (Å²) in [6.45, 7) is 0.614. The number of aromatic nitrogens is 5. The lowest BCUT2D eigenvalue weighted by atomic mass is 10.2. The van der Waals surface area contributed by atoms with Gasteiger partial charge in [-0.05, 0) is 48.0 Å². The third-order valence-corrected chi connectivity index (χ3v) is 5.10. The second kappa shape index (κ2) is 7.07. The van der Waals surface area contributed by atoms with Crippen LogP contribution in [0.1, 0.15) is 5.56 Å². The summed E-state index contributed by atoms with van der Waals surface area (Å²) in [6, 6.07) is 17.5. The molecule has 0 bridgehead atoms. The number of fused-ring (bicyclic) bond motifs is 2. The summed E-state index contributed by atoms with van der Waals surface area (Å²) in [5, 5.41) is 22.8. The Morgan fingerprint density at radius 2 is 1.87 bits per heavy atom. The molecule has 2 aromatic carbocycles. The van der Waals surface area contributed by atoms with Gasteiger partial charge in [0.1, 0.15) is 11.3 Å². The number of pyridine rings is 1. The number of ether oxygens (including phenoxy) is 1. The molecule has 3 heterocycles. The Morgan fingerprint density at radius 1 is 1.03 bits per heavy atom. The van der Waals surface area contributed by atoms with E-state index in [2.05, 4.69) is 15.4 Å². The van der Waals surface area contributed by atoms with Crippen LogP contribution in [0, 0.1) is 0 Å². The van der Waals surface area contributed by atoms with Crippen LogP contribution in [0.25, 0.3) is 21.9 Å². The molecule has 0 fully saturated rings. The van der Waals surface area contributed by atoms with E-state index in [-0.39, 0.29) is 5.88 Å². The lowest BCUT2D eigenvalue weighted by Crippen LogP contribution is -2.02. The summed E-state index contributed by atoms with van der Waals surface area (Å²) in [5.74, 6) is 1.52. The maximum absolute atomic E-state index is 9.90. The van der Waals surface area contributed by atoms with Crippen LogP contribution >= 0.6 is 0 Å². The van der Waals surface area contributed by atoms with Gasteiger partial charge in [-0.1, -0.05) is 12.1 Å². The van der Waals surface area contributed by atoms with E-state index in [4.69, 9.17) is 9.84 Å². The Labute approximate surface area is 172 Å². The molecule has 0 atom stereocenters. The zero-order chi connectivity index (χ0) is 20.7. The van der Waals surface area contributed by atoms with Crippen molar-refractivity contribution in [3.05, 3.63) is 66.4 Å². The second-order valence-electron chi connectivity index (χ2n) is 7.03. The van der Waals surface area contributed by atoms with Crippen molar-refractivity contribution in [3.63, 3.8) is 0 Å². The zero-order valence-electron chi connectivity index (χ0n) is 16.6. The molecule has 30 heavy (non-hydrogen) atoms. The van der Waals surface area contributed by atoms with Gasteiger partial charge in [-0.3, -0.25) is 14.3 Å². The monoisotopic (exact) mass is 400 g/mol. The minimum atomic E-state index is 0.0231. The normalized spacial score (nSPS) is 11.3. The highest BCUT2D eigenvalue weighted by Gasteiger charge is 2.14. The van der Waals surface area contributed by atoms with Crippen molar-refractivity contribution in [1.82, 2.24) is 24.5 Å². The standard InChI is InChI=1S/C22H20N6O2/c1-27-19-12-15(7-10-17(19)22(29)26-27)24-21-20-18(4-3-11-23-20)28(25-21)13-14-5-8-16(30-2)9-6-14/h3-12H,13H2,1-2H3,(H,24,25)(H,26,29). The number of benzene rings is 2. The third kappa shape index (κ3) is 3.08. The third-order valence-electron chi connectivity index (χ3n) is 5.10. The highest BCUT2D eigenvalue weighted by atomic mass is 16.5. The van der Waals surface area contributed by atoms with Gasteiger partial charge in [0.05, 0.1) is 30.1 Å². The van der Waals surface area contributed by atoms with Crippen molar-refractivity contribution < 1.29 is 9.84 Å². The zero-order valence-corrected chi connectivity index (χ0v) is 16.6. The van der Waals surface area contributed by atoms with Crippen LogP contribution in [0.3, 0.4) is 0 Å². The molecule has 0 spiro atoms. The smallest absolute Gasteiger partial charge is 0.238 e. The molecule has 5 rings (SSSR count). The van der Waals surface area contributed by atoms with Crippen molar-refractivity contribution in [2.24, 2.45) is 7.05 Å². The average Bonchev–Trinajstić information content (AvgIpc) is 3.25. The number of nitrogens with zero attached hydrogens (tertiary/aromatic N) is 5. The molecule has 3 aromatic heterocycles. The maximum Gasteiger partial charge on any atom is 0.238 e. The van der Waals surface area contributed by atoms with Crippen LogP contribution in [0.4, 0.5) is 11.5 Å². The highest BCUT2D eigenvalue weighted by molar-refractivity contribution is 5.91. The number of anilines is 2. The quantitative estimate of drug-likeness (QED) is 0.466. The van der Waals surface area contributed by atoms with Crippen molar-refractivity contribution in [2.45, 2.75) is 6.54 Å². The molecular weight excluding hydrogens is 380 g/mol. The maximum atomic E-state index is 9.90. The fourth-order valence-corrected chi connectivity index (χ4v) is 3.57. The molecule has 2 N–H and O–H groups in total. The van der Waals surface area contributed by atoms with Crippen LogP contribution in [0.5, 0.6) is 11.6 Å². The summed E-state index contributed by atoms with van der Waals surface area (Å²) < 4.78 is 8.82. The predicted octanol–water partition coefficient (Wildman–Crippen LogP) is 3.82. The highest BCUT2D eigenvalue weighted by Crippen LogP contribution is 2.29. The topological polar surface area (TPSA) is 90.0 Å². The first-order valence-corrected chi connectivity index (χ1v) is 9.49. The number of aromatic hydroxyl groups is 1. The Morgan fingerprint density at radius 3 is 2.67 bits per heavy atom. The molecule has 0 aliphatic carbocycles. The lowest BCUT2D eigenvalue weighted by Gasteiger charge is -2.05. The van der Waals surface area contributed by atoms with Crippen molar-refractivity contribution >= 4 is 33.4 Å². The summed E-state index contributed by atoms with van der Waals surface area (Å²) in [7, 11) is 3.45. The van der Waals surface area contributed by atoms with Crippen LogP contribution in [-0.4, -0.2) is 36.8 Å². The molecule has 8 nitrogen and oxygen atoms in total. The molecule has 0 amide bonds. The van der Waals surface area contributed by atoms with E-state index in [1.54, 1.807) is 25.0 Å². The van der Waals surface area contributed by atoms with Gasteiger partial charge in [-0.15, -0.1) is 5.10 Å². The average molecular weight is 400 g/mol. The van der Waals surface area contributed by atoms with Gasteiger partial charge in [-0.25, -0.2) is 0 Å². The molecular formula is C22H20N6O2. The predicted molar refractivity (Wildman–Crippen MR) is 115 cm³/mol. The van der Waals surface area contributed by atoms with E-state index in [1.165, 1.54) is 0 Å². The van der Waals surface area contributed by atoms with Crippen LogP contribution in [0.2, 0.25) is 0 Å². The minimum Gasteiger partial charge on any atom is -0.497 e. The van der Waals surface area contributed by atoms with Gasteiger partial charge in [-0.2, -0.15) is 5.10 Å². The largest absolute Gasteiger partial charge is 0.497 e. The van der Waals surface area contributed by atoms with Gasteiger partial charge in [0.25, 0.3) is 0 Å². The van der Waals surface area contributed by atoms with Gasteiger partial charge >= 0.3 is 0 Å². The van der Waals surface area contributed by atoms with Crippen molar-refractivity contribution in [3.8, 4) is 11.6 Å². The van der Waals surface area contributed by atoms with Gasteiger partial charge < -0.3 is 15.2 Å². The molecule has 0 aliphatic heterocycles. The number of methoxy groups -OCH3 is 1. The molecule has 0 aliphatic rings. The van der Waals surface area contributed by atoms with Crippen LogP contribution in [0.15, 0.2) is 60.8 Å². The molecule has 0 radical (unpaired) electrons. The van der Waals surface area contributed by atoms with E-state index in [0.717, 1.165) is 33.6 Å². The number of rotatable bonds is 5. The van der Waals surface area contributed by atoms with Gasteiger partial charge in [0.15, 0.2) is 5.82 Å². The van der Waals surface area contributed by atoms with Crippen molar-refractivity contribution in [1.29, 1.82) is 0 Å². The van der Waals surface area contributed by atoms with Crippen LogP contribution in [-0.2, 0) is 13.6 Å². The number of aryl methyl sites for hydroxylation is 1. The summed E-state index contributed by atoms with van der Waals surface area (Å²) in [4.78, 5) is 4.53. The summed E-state index contributed by atoms with van der Waals surface area (Å²) >= 11 is 0. The fraction of sp³-hybridized carbons (Fsp3) is 0.136. The van der Waals surface area contributed by atoms with Gasteiger partial charge in [0.2, 0.25) is 5.88 Å². The molecule has 8 heteroatoms. The van der Waals surface area contributed by atoms with E-state index in [9.17, 15) is 5.11 Å². The van der Waals surface area contributed by atoms with E-state index in [1.807, 2.05) is 59.3 Å². The fourth-order valence-electron chi connectivity index (χ4n) is 3.57. The number of nitrogens with one attached hydrogen (secondary N) is 1. The molecule has 0 saturated heterocycles.